The number of rotatable bonds is 5. The van der Waals surface area contributed by atoms with Crippen LogP contribution in [0.1, 0.15) is 20.9 Å². The molecule has 142 valence electrons. The van der Waals surface area contributed by atoms with Gasteiger partial charge in [0, 0.05) is 10.4 Å². The second kappa shape index (κ2) is 7.66. The van der Waals surface area contributed by atoms with Gasteiger partial charge < -0.3 is 9.47 Å². The van der Waals surface area contributed by atoms with Gasteiger partial charge in [0.1, 0.15) is 22.1 Å². The van der Waals surface area contributed by atoms with Crippen molar-refractivity contribution in [3.05, 3.63) is 75.8 Å². The Morgan fingerprint density at radius 3 is 2.71 bits per heavy atom. The number of thiophene rings is 1. The average molecular weight is 413 g/mol. The Morgan fingerprint density at radius 2 is 1.96 bits per heavy atom. The zero-order valence-electron chi connectivity index (χ0n) is 15.3. The molecule has 4 aromatic rings. The molecule has 0 aliphatic carbocycles. The summed E-state index contributed by atoms with van der Waals surface area (Å²) in [7, 11) is 1.61. The van der Waals surface area contributed by atoms with Crippen LogP contribution in [0.4, 0.5) is 0 Å². The molecule has 2 heterocycles. The number of carbonyl (C=O) groups excluding carboxylic acids is 1. The van der Waals surface area contributed by atoms with Crippen molar-refractivity contribution < 1.29 is 14.3 Å². The topological polar surface area (TPSA) is 53.4 Å². The number of hydrogen-bond acceptors (Lipinski definition) is 5. The number of methoxy groups -OCH3 is 1. The van der Waals surface area contributed by atoms with Crippen molar-refractivity contribution in [2.45, 2.75) is 13.5 Å². The van der Waals surface area contributed by atoms with E-state index in [0.29, 0.717) is 9.90 Å². The van der Waals surface area contributed by atoms with Crippen LogP contribution in [0.15, 0.2) is 54.6 Å². The predicted molar refractivity (Wildman–Crippen MR) is 111 cm³/mol. The van der Waals surface area contributed by atoms with E-state index in [1.165, 1.54) is 11.3 Å². The van der Waals surface area contributed by atoms with Crippen LogP contribution in [-0.4, -0.2) is 22.9 Å². The first-order chi connectivity index (χ1) is 13.5. The lowest BCUT2D eigenvalue weighted by Crippen LogP contribution is -2.03. The fraction of sp³-hybridized carbons (Fsp3) is 0.143. The van der Waals surface area contributed by atoms with Crippen molar-refractivity contribution in [2.75, 3.05) is 7.11 Å². The van der Waals surface area contributed by atoms with Crippen LogP contribution < -0.4 is 4.74 Å². The summed E-state index contributed by atoms with van der Waals surface area (Å²) in [5.41, 5.74) is 2.62. The number of fused-ring (bicyclic) bond motifs is 1. The van der Waals surface area contributed by atoms with E-state index in [-0.39, 0.29) is 12.6 Å². The van der Waals surface area contributed by atoms with Crippen molar-refractivity contribution in [3.63, 3.8) is 0 Å². The number of halogens is 1. The van der Waals surface area contributed by atoms with E-state index in [0.717, 1.165) is 32.9 Å². The van der Waals surface area contributed by atoms with Crippen molar-refractivity contribution in [2.24, 2.45) is 0 Å². The van der Waals surface area contributed by atoms with E-state index >= 15 is 0 Å². The van der Waals surface area contributed by atoms with E-state index in [2.05, 4.69) is 5.10 Å². The van der Waals surface area contributed by atoms with Gasteiger partial charge in [-0.05, 0) is 55.0 Å². The van der Waals surface area contributed by atoms with E-state index in [4.69, 9.17) is 21.1 Å². The summed E-state index contributed by atoms with van der Waals surface area (Å²) < 4.78 is 12.5. The number of esters is 1. The molecule has 0 bridgehead atoms. The minimum absolute atomic E-state index is 0.187. The predicted octanol–water partition coefficient (Wildman–Crippen LogP) is 5.41. The number of aryl methyl sites for hydroxylation is 1. The third kappa shape index (κ3) is 3.61. The molecule has 0 spiro atoms. The maximum absolute atomic E-state index is 12.6. The molecule has 0 unspecified atom stereocenters. The van der Waals surface area contributed by atoms with E-state index in [9.17, 15) is 4.79 Å². The number of aromatic nitrogens is 2. The fourth-order valence-corrected chi connectivity index (χ4v) is 4.09. The van der Waals surface area contributed by atoms with Crippen LogP contribution in [0.3, 0.4) is 0 Å². The molecule has 0 saturated heterocycles. The molecule has 4 rings (SSSR count). The lowest BCUT2D eigenvalue weighted by Gasteiger charge is -2.05. The first-order valence-corrected chi connectivity index (χ1v) is 9.80. The lowest BCUT2D eigenvalue weighted by molar-refractivity contribution is 0.0478. The van der Waals surface area contributed by atoms with Gasteiger partial charge in [-0.2, -0.15) is 5.10 Å². The molecule has 5 nitrogen and oxygen atoms in total. The lowest BCUT2D eigenvalue weighted by atomic mass is 10.2. The summed E-state index contributed by atoms with van der Waals surface area (Å²) >= 11 is 7.34. The molecule has 0 fully saturated rings. The molecular weight excluding hydrogens is 396 g/mol. The van der Waals surface area contributed by atoms with Crippen LogP contribution in [0, 0.1) is 6.92 Å². The second-order valence-electron chi connectivity index (χ2n) is 6.23. The zero-order valence-corrected chi connectivity index (χ0v) is 16.9. The van der Waals surface area contributed by atoms with E-state index in [1.807, 2.05) is 66.2 Å². The third-order valence-electron chi connectivity index (χ3n) is 4.32. The zero-order chi connectivity index (χ0) is 19.7. The number of ether oxygens (including phenoxy) is 2. The van der Waals surface area contributed by atoms with Gasteiger partial charge in [0.2, 0.25) is 0 Å². The summed E-state index contributed by atoms with van der Waals surface area (Å²) in [5.74, 6) is 0.375. The largest absolute Gasteiger partial charge is 0.497 e. The average Bonchev–Trinajstić information content (AvgIpc) is 3.28. The Balaban J connectivity index is 1.58. The van der Waals surface area contributed by atoms with Crippen molar-refractivity contribution >= 4 is 39.1 Å². The maximum atomic E-state index is 12.6. The van der Waals surface area contributed by atoms with Gasteiger partial charge in [0.25, 0.3) is 0 Å². The van der Waals surface area contributed by atoms with Crippen LogP contribution in [0.25, 0.3) is 15.9 Å². The van der Waals surface area contributed by atoms with Gasteiger partial charge in [0.15, 0.2) is 0 Å². The Bertz CT molecular complexity index is 1150. The first-order valence-electron chi connectivity index (χ1n) is 8.60. The summed E-state index contributed by atoms with van der Waals surface area (Å²) in [4.78, 5) is 14.0. The third-order valence-corrected chi connectivity index (χ3v) is 5.66. The summed E-state index contributed by atoms with van der Waals surface area (Å²) in [6.45, 7) is 2.11. The molecule has 0 atom stereocenters. The molecule has 2 aromatic carbocycles. The highest BCUT2D eigenvalue weighted by atomic mass is 35.5. The fourth-order valence-electron chi connectivity index (χ4n) is 2.89. The van der Waals surface area contributed by atoms with Gasteiger partial charge in [-0.3, -0.25) is 0 Å². The maximum Gasteiger partial charge on any atom is 0.348 e. The number of hydrogen-bond donors (Lipinski definition) is 0. The van der Waals surface area contributed by atoms with Crippen LogP contribution in [0.5, 0.6) is 5.75 Å². The highest BCUT2D eigenvalue weighted by Crippen LogP contribution is 2.31. The minimum atomic E-state index is -0.355. The molecule has 2 aromatic heterocycles. The highest BCUT2D eigenvalue weighted by Gasteiger charge is 2.18. The first kappa shape index (κ1) is 18.5. The van der Waals surface area contributed by atoms with Crippen molar-refractivity contribution in [3.8, 4) is 11.4 Å². The molecular formula is C21H17ClN2O3S. The Morgan fingerprint density at radius 1 is 1.18 bits per heavy atom. The SMILES string of the molecule is COc1cccc(COC(=O)c2cc3c(C)nn(-c4ccc(Cl)cc4)c3s2)c1. The normalized spacial score (nSPS) is 11.0. The smallest absolute Gasteiger partial charge is 0.348 e. The minimum Gasteiger partial charge on any atom is -0.497 e. The molecule has 0 N–H and O–H groups in total. The highest BCUT2D eigenvalue weighted by molar-refractivity contribution is 7.20. The van der Waals surface area contributed by atoms with Crippen molar-refractivity contribution in [1.29, 1.82) is 0 Å². The Kier molecular flexibility index (Phi) is 5.07. The standard InChI is InChI=1S/C21H17ClN2O3S/c1-13-18-11-19(21(25)27-12-14-4-3-5-17(10-14)26-2)28-20(18)24(23-13)16-8-6-15(22)7-9-16/h3-11H,12H2,1-2H3. The van der Waals surface area contributed by atoms with Gasteiger partial charge in [-0.15, -0.1) is 11.3 Å². The van der Waals surface area contributed by atoms with Crippen molar-refractivity contribution in [1.82, 2.24) is 9.78 Å². The van der Waals surface area contributed by atoms with Crippen LogP contribution in [-0.2, 0) is 11.3 Å². The van der Waals surface area contributed by atoms with E-state index < -0.39 is 0 Å². The number of nitrogens with zero attached hydrogens (tertiary/aromatic N) is 2. The molecule has 0 radical (unpaired) electrons. The Labute approximate surface area is 171 Å². The number of benzene rings is 2. The molecule has 0 saturated carbocycles. The van der Waals surface area contributed by atoms with Crippen LogP contribution in [0.2, 0.25) is 5.02 Å². The quantitative estimate of drug-likeness (QED) is 0.411. The molecule has 0 aliphatic heterocycles. The van der Waals surface area contributed by atoms with Gasteiger partial charge in [0.05, 0.1) is 18.5 Å². The second-order valence-corrected chi connectivity index (χ2v) is 7.70. The summed E-state index contributed by atoms with van der Waals surface area (Å²) in [6.07, 6.45) is 0. The molecule has 7 heteroatoms. The summed E-state index contributed by atoms with van der Waals surface area (Å²) in [5, 5.41) is 6.18. The molecule has 0 amide bonds. The Hall–Kier alpha value is -2.83. The van der Waals surface area contributed by atoms with Gasteiger partial charge in [-0.25, -0.2) is 9.48 Å². The van der Waals surface area contributed by atoms with Gasteiger partial charge >= 0.3 is 5.97 Å². The molecule has 28 heavy (non-hydrogen) atoms. The summed E-state index contributed by atoms with van der Waals surface area (Å²) in [6, 6.07) is 16.7. The van der Waals surface area contributed by atoms with Gasteiger partial charge in [-0.1, -0.05) is 23.7 Å². The molecule has 0 aliphatic rings. The van der Waals surface area contributed by atoms with Crippen LogP contribution >= 0.6 is 22.9 Å². The monoisotopic (exact) mass is 412 g/mol. The van der Waals surface area contributed by atoms with E-state index in [1.54, 1.807) is 7.11 Å². The number of carbonyl (C=O) groups is 1.